The molecule has 0 spiro atoms. The van der Waals surface area contributed by atoms with Crippen LogP contribution in [-0.2, 0) is 4.79 Å². The van der Waals surface area contributed by atoms with Gasteiger partial charge in [0.25, 0.3) is 0 Å². The molecule has 1 heterocycles. The van der Waals surface area contributed by atoms with Crippen LogP contribution >= 0.6 is 0 Å². The lowest BCUT2D eigenvalue weighted by atomic mass is 9.81. The normalized spacial score (nSPS) is 25.4. The Balaban J connectivity index is 2.56. The van der Waals surface area contributed by atoms with Crippen LogP contribution in [0.2, 0.25) is 0 Å². The lowest BCUT2D eigenvalue weighted by Gasteiger charge is -2.42. The fourth-order valence-electron chi connectivity index (χ4n) is 2.62. The Morgan fingerprint density at radius 1 is 1.44 bits per heavy atom. The van der Waals surface area contributed by atoms with E-state index in [9.17, 15) is 4.79 Å². The van der Waals surface area contributed by atoms with Crippen LogP contribution in [0.5, 0.6) is 0 Å². The van der Waals surface area contributed by atoms with Crippen molar-refractivity contribution >= 4 is 5.91 Å². The molecule has 1 fully saturated rings. The van der Waals surface area contributed by atoms with Gasteiger partial charge in [0, 0.05) is 6.04 Å². The molecule has 1 aliphatic heterocycles. The minimum atomic E-state index is -0.605. The van der Waals surface area contributed by atoms with Gasteiger partial charge in [-0.05, 0) is 58.7 Å². The summed E-state index contributed by atoms with van der Waals surface area (Å²) in [6, 6.07) is 0.381. The zero-order valence-corrected chi connectivity index (χ0v) is 12.5. The number of amides is 1. The first-order valence-corrected chi connectivity index (χ1v) is 6.93. The summed E-state index contributed by atoms with van der Waals surface area (Å²) in [6.45, 7) is 11.0. The number of likely N-dealkylation sites (tertiary alicyclic amines) is 1. The number of nitrogens with two attached hydrogens (primary N) is 1. The van der Waals surface area contributed by atoms with E-state index in [4.69, 9.17) is 5.73 Å². The topological polar surface area (TPSA) is 58.4 Å². The smallest absolute Gasteiger partial charge is 0.237 e. The van der Waals surface area contributed by atoms with Gasteiger partial charge in [-0.25, -0.2) is 0 Å². The number of carbonyl (C=O) groups is 1. The first kappa shape index (κ1) is 15.4. The van der Waals surface area contributed by atoms with Crippen molar-refractivity contribution < 1.29 is 4.79 Å². The van der Waals surface area contributed by atoms with E-state index in [0.717, 1.165) is 19.5 Å². The van der Waals surface area contributed by atoms with Crippen molar-refractivity contribution in [1.29, 1.82) is 0 Å². The molecule has 4 nitrogen and oxygen atoms in total. The van der Waals surface area contributed by atoms with Crippen LogP contribution in [-0.4, -0.2) is 42.5 Å². The van der Waals surface area contributed by atoms with Crippen LogP contribution in [0.1, 0.15) is 47.0 Å². The Labute approximate surface area is 111 Å². The molecule has 0 aromatic rings. The van der Waals surface area contributed by atoms with Gasteiger partial charge in [0.1, 0.15) is 0 Å². The maximum Gasteiger partial charge on any atom is 0.237 e. The van der Waals surface area contributed by atoms with Crippen molar-refractivity contribution in [3.8, 4) is 0 Å². The largest absolute Gasteiger partial charge is 0.368 e. The van der Waals surface area contributed by atoms with E-state index >= 15 is 0 Å². The van der Waals surface area contributed by atoms with Crippen LogP contribution in [0.25, 0.3) is 0 Å². The molecule has 0 saturated carbocycles. The van der Waals surface area contributed by atoms with E-state index < -0.39 is 5.54 Å². The van der Waals surface area contributed by atoms with E-state index in [2.05, 4.69) is 31.0 Å². The molecule has 4 heteroatoms. The Kier molecular flexibility index (Phi) is 4.78. The summed E-state index contributed by atoms with van der Waals surface area (Å²) in [5.41, 5.74) is 5.34. The summed E-state index contributed by atoms with van der Waals surface area (Å²) in [5, 5.41) is 3.06. The molecule has 0 aromatic heterocycles. The molecule has 106 valence electrons. The van der Waals surface area contributed by atoms with Gasteiger partial charge in [-0.3, -0.25) is 4.79 Å². The van der Waals surface area contributed by atoms with Crippen molar-refractivity contribution in [3.05, 3.63) is 0 Å². The van der Waals surface area contributed by atoms with E-state index in [0.29, 0.717) is 11.5 Å². The Bertz CT molecular complexity index is 293. The highest BCUT2D eigenvalue weighted by Crippen LogP contribution is 2.31. The number of hydrogen-bond acceptors (Lipinski definition) is 3. The van der Waals surface area contributed by atoms with Crippen molar-refractivity contribution in [1.82, 2.24) is 10.2 Å². The summed E-state index contributed by atoms with van der Waals surface area (Å²) >= 11 is 0. The third-order valence-electron chi connectivity index (χ3n) is 4.57. The summed E-state index contributed by atoms with van der Waals surface area (Å²) < 4.78 is 0. The Morgan fingerprint density at radius 3 is 2.33 bits per heavy atom. The number of piperidine rings is 1. The maximum atomic E-state index is 11.5. The third kappa shape index (κ3) is 3.69. The minimum absolute atomic E-state index is 0.269. The van der Waals surface area contributed by atoms with Gasteiger partial charge in [-0.1, -0.05) is 13.8 Å². The molecule has 1 aliphatic rings. The molecule has 0 radical (unpaired) electrons. The Morgan fingerprint density at radius 2 is 1.94 bits per heavy atom. The molecule has 18 heavy (non-hydrogen) atoms. The first-order chi connectivity index (χ1) is 8.20. The number of nitrogens with zero attached hydrogens (tertiary/aromatic N) is 1. The molecule has 0 bridgehead atoms. The molecular weight excluding hydrogens is 226 g/mol. The molecule has 1 saturated heterocycles. The molecule has 1 rings (SSSR count). The fraction of sp³-hybridized carbons (Fsp3) is 0.929. The zero-order chi connectivity index (χ0) is 14.0. The Hall–Kier alpha value is -0.610. The molecule has 0 aliphatic carbocycles. The van der Waals surface area contributed by atoms with Gasteiger partial charge in [-0.2, -0.15) is 0 Å². The van der Waals surface area contributed by atoms with Crippen molar-refractivity contribution in [2.45, 2.75) is 58.5 Å². The minimum Gasteiger partial charge on any atom is -0.368 e. The van der Waals surface area contributed by atoms with Gasteiger partial charge < -0.3 is 16.0 Å². The molecule has 2 unspecified atom stereocenters. The number of carbonyl (C=O) groups excluding carboxylic acids is 1. The number of hydrogen-bond donors (Lipinski definition) is 2. The first-order valence-electron chi connectivity index (χ1n) is 6.93. The number of rotatable bonds is 5. The SMILES string of the molecule is CNC(C)(CC(C)N1CCC(C)(C)CC1)C(N)=O. The van der Waals surface area contributed by atoms with E-state index in [1.54, 1.807) is 7.05 Å². The lowest BCUT2D eigenvalue weighted by Crippen LogP contribution is -2.55. The van der Waals surface area contributed by atoms with Gasteiger partial charge in [0.15, 0.2) is 0 Å². The second kappa shape index (κ2) is 5.57. The zero-order valence-electron chi connectivity index (χ0n) is 12.5. The number of likely N-dealkylation sites (N-methyl/N-ethyl adjacent to an activating group) is 1. The predicted molar refractivity (Wildman–Crippen MR) is 75.3 cm³/mol. The van der Waals surface area contributed by atoms with E-state index in [1.165, 1.54) is 12.8 Å². The third-order valence-corrected chi connectivity index (χ3v) is 4.57. The van der Waals surface area contributed by atoms with Crippen molar-refractivity contribution in [3.63, 3.8) is 0 Å². The van der Waals surface area contributed by atoms with Crippen LogP contribution < -0.4 is 11.1 Å². The highest BCUT2D eigenvalue weighted by Gasteiger charge is 2.34. The molecule has 2 atom stereocenters. The predicted octanol–water partition coefficient (Wildman–Crippen LogP) is 1.35. The van der Waals surface area contributed by atoms with Crippen LogP contribution in [0.15, 0.2) is 0 Å². The number of primary amides is 1. The van der Waals surface area contributed by atoms with Gasteiger partial charge in [-0.15, -0.1) is 0 Å². The second-order valence-corrected chi connectivity index (χ2v) is 6.70. The van der Waals surface area contributed by atoms with Gasteiger partial charge in [0.2, 0.25) is 5.91 Å². The summed E-state index contributed by atoms with van der Waals surface area (Å²) in [4.78, 5) is 14.0. The van der Waals surface area contributed by atoms with Crippen LogP contribution in [0.3, 0.4) is 0 Å². The monoisotopic (exact) mass is 255 g/mol. The summed E-state index contributed by atoms with van der Waals surface area (Å²) in [6.07, 6.45) is 3.22. The number of nitrogens with one attached hydrogen (secondary N) is 1. The standard InChI is InChI=1S/C14H29N3O/c1-11(10-14(4,16-5)12(15)18)17-8-6-13(2,3)7-9-17/h11,16H,6-10H2,1-5H3,(H2,15,18). The van der Waals surface area contributed by atoms with Crippen molar-refractivity contribution in [2.75, 3.05) is 20.1 Å². The van der Waals surface area contributed by atoms with Crippen molar-refractivity contribution in [2.24, 2.45) is 11.1 Å². The maximum absolute atomic E-state index is 11.5. The quantitative estimate of drug-likeness (QED) is 0.779. The van der Waals surface area contributed by atoms with Crippen LogP contribution in [0.4, 0.5) is 0 Å². The molecule has 0 aromatic carbocycles. The van der Waals surface area contributed by atoms with E-state index in [-0.39, 0.29) is 5.91 Å². The lowest BCUT2D eigenvalue weighted by molar-refractivity contribution is -0.124. The van der Waals surface area contributed by atoms with Gasteiger partial charge >= 0.3 is 0 Å². The average molecular weight is 255 g/mol. The molecule has 1 amide bonds. The van der Waals surface area contributed by atoms with Crippen LogP contribution in [0, 0.1) is 5.41 Å². The van der Waals surface area contributed by atoms with E-state index in [1.807, 2.05) is 6.92 Å². The molecule has 3 N–H and O–H groups in total. The summed E-state index contributed by atoms with van der Waals surface area (Å²) in [5.74, 6) is -0.269. The fourth-order valence-corrected chi connectivity index (χ4v) is 2.62. The average Bonchev–Trinajstić information content (AvgIpc) is 2.28. The van der Waals surface area contributed by atoms with Gasteiger partial charge in [0.05, 0.1) is 5.54 Å². The highest BCUT2D eigenvalue weighted by molar-refractivity contribution is 5.84. The highest BCUT2D eigenvalue weighted by atomic mass is 16.1. The second-order valence-electron chi connectivity index (χ2n) is 6.70. The summed E-state index contributed by atoms with van der Waals surface area (Å²) in [7, 11) is 1.80. The molecular formula is C14H29N3O.